The number of rotatable bonds is 6. The highest BCUT2D eigenvalue weighted by atomic mass is 79.9. The highest BCUT2D eigenvalue weighted by molar-refractivity contribution is 9.10. The van der Waals surface area contributed by atoms with Crippen LogP contribution in [0.2, 0.25) is 0 Å². The van der Waals surface area contributed by atoms with Crippen LogP contribution in [0.1, 0.15) is 11.1 Å². The molecule has 2 N–H and O–H groups in total. The van der Waals surface area contributed by atoms with Gasteiger partial charge in [-0.25, -0.2) is 0 Å². The van der Waals surface area contributed by atoms with Crippen molar-refractivity contribution < 1.29 is 4.74 Å². The minimum atomic E-state index is 0.447. The molecule has 0 aromatic heterocycles. The maximum atomic E-state index is 5.93. The summed E-state index contributed by atoms with van der Waals surface area (Å²) in [5.74, 6) is 1.35. The molecule has 0 aliphatic rings. The molecular formula is C17H20BrNO. The second-order valence-electron chi connectivity index (χ2n) is 4.99. The first-order valence-corrected chi connectivity index (χ1v) is 7.58. The number of hydrogen-bond acceptors (Lipinski definition) is 2. The SMILES string of the molecule is COc1cccc(CC(CN)Cc2ccc(Br)cc2)c1. The summed E-state index contributed by atoms with van der Waals surface area (Å²) < 4.78 is 6.37. The molecule has 2 aromatic carbocycles. The molecule has 0 spiro atoms. The molecule has 0 aliphatic carbocycles. The van der Waals surface area contributed by atoms with Gasteiger partial charge in [0.05, 0.1) is 7.11 Å². The maximum Gasteiger partial charge on any atom is 0.119 e. The summed E-state index contributed by atoms with van der Waals surface area (Å²) in [6.45, 7) is 0.688. The average molecular weight is 334 g/mol. The Morgan fingerprint density at radius 1 is 1.05 bits per heavy atom. The number of methoxy groups -OCH3 is 1. The first kappa shape index (κ1) is 15.1. The van der Waals surface area contributed by atoms with E-state index in [1.54, 1.807) is 7.11 Å². The van der Waals surface area contributed by atoms with Crippen LogP contribution in [0.5, 0.6) is 5.75 Å². The zero-order chi connectivity index (χ0) is 14.4. The summed E-state index contributed by atoms with van der Waals surface area (Å²) in [4.78, 5) is 0. The molecule has 0 radical (unpaired) electrons. The zero-order valence-corrected chi connectivity index (χ0v) is 13.3. The largest absolute Gasteiger partial charge is 0.497 e. The van der Waals surface area contributed by atoms with Crippen LogP contribution in [0.4, 0.5) is 0 Å². The molecule has 0 heterocycles. The zero-order valence-electron chi connectivity index (χ0n) is 11.7. The fraction of sp³-hybridized carbons (Fsp3) is 0.294. The Hall–Kier alpha value is -1.32. The van der Waals surface area contributed by atoms with Crippen molar-refractivity contribution in [3.8, 4) is 5.75 Å². The predicted octanol–water partition coefficient (Wildman–Crippen LogP) is 3.82. The number of ether oxygens (including phenoxy) is 1. The summed E-state index contributed by atoms with van der Waals surface area (Å²) in [5, 5.41) is 0. The molecule has 1 unspecified atom stereocenters. The number of hydrogen-bond donors (Lipinski definition) is 1. The summed E-state index contributed by atoms with van der Waals surface area (Å²) in [6.07, 6.45) is 1.98. The van der Waals surface area contributed by atoms with Crippen LogP contribution in [0.15, 0.2) is 53.0 Å². The van der Waals surface area contributed by atoms with Gasteiger partial charge in [0.1, 0.15) is 5.75 Å². The van der Waals surface area contributed by atoms with Crippen LogP contribution in [0.3, 0.4) is 0 Å². The number of halogens is 1. The molecule has 0 amide bonds. The second kappa shape index (κ2) is 7.46. The van der Waals surface area contributed by atoms with Gasteiger partial charge in [-0.1, -0.05) is 40.2 Å². The molecule has 106 valence electrons. The Kier molecular flexibility index (Phi) is 5.62. The maximum absolute atomic E-state index is 5.93. The average Bonchev–Trinajstić information content (AvgIpc) is 2.49. The standard InChI is InChI=1S/C17H20BrNO/c1-20-17-4-2-3-14(11-17)10-15(12-19)9-13-5-7-16(18)8-6-13/h2-8,11,15H,9-10,12,19H2,1H3. The fourth-order valence-corrected chi connectivity index (χ4v) is 2.59. The third-order valence-corrected chi connectivity index (χ3v) is 3.96. The Morgan fingerprint density at radius 3 is 2.40 bits per heavy atom. The second-order valence-corrected chi connectivity index (χ2v) is 5.90. The normalized spacial score (nSPS) is 12.2. The van der Waals surface area contributed by atoms with Crippen molar-refractivity contribution in [2.45, 2.75) is 12.8 Å². The molecule has 2 nitrogen and oxygen atoms in total. The van der Waals surface area contributed by atoms with Crippen molar-refractivity contribution in [2.24, 2.45) is 11.7 Å². The smallest absolute Gasteiger partial charge is 0.119 e. The summed E-state index contributed by atoms with van der Waals surface area (Å²) >= 11 is 3.46. The van der Waals surface area contributed by atoms with Crippen LogP contribution in [0, 0.1) is 5.92 Å². The van der Waals surface area contributed by atoms with Gasteiger partial charge in [-0.15, -0.1) is 0 Å². The molecule has 0 fully saturated rings. The van der Waals surface area contributed by atoms with Gasteiger partial charge in [0, 0.05) is 4.47 Å². The lowest BCUT2D eigenvalue weighted by molar-refractivity contribution is 0.413. The molecule has 1 atom stereocenters. The fourth-order valence-electron chi connectivity index (χ4n) is 2.33. The Labute approximate surface area is 129 Å². The van der Waals surface area contributed by atoms with Crippen molar-refractivity contribution in [1.82, 2.24) is 0 Å². The Morgan fingerprint density at radius 2 is 1.75 bits per heavy atom. The third-order valence-electron chi connectivity index (χ3n) is 3.43. The first-order valence-electron chi connectivity index (χ1n) is 6.78. The van der Waals surface area contributed by atoms with E-state index >= 15 is 0 Å². The van der Waals surface area contributed by atoms with E-state index in [-0.39, 0.29) is 0 Å². The lowest BCUT2D eigenvalue weighted by Crippen LogP contribution is -2.19. The van der Waals surface area contributed by atoms with Gasteiger partial charge in [0.25, 0.3) is 0 Å². The van der Waals surface area contributed by atoms with E-state index in [9.17, 15) is 0 Å². The van der Waals surface area contributed by atoms with Gasteiger partial charge in [-0.2, -0.15) is 0 Å². The third kappa shape index (κ3) is 4.36. The Balaban J connectivity index is 2.02. The molecular weight excluding hydrogens is 314 g/mol. The molecule has 3 heteroatoms. The van der Waals surface area contributed by atoms with Crippen LogP contribution in [0.25, 0.3) is 0 Å². The van der Waals surface area contributed by atoms with E-state index in [0.717, 1.165) is 23.1 Å². The molecule has 0 saturated heterocycles. The molecule has 2 aromatic rings. The summed E-state index contributed by atoms with van der Waals surface area (Å²) in [5.41, 5.74) is 8.53. The lowest BCUT2D eigenvalue weighted by atomic mass is 9.92. The Bertz CT molecular complexity index is 539. The van der Waals surface area contributed by atoms with E-state index in [1.165, 1.54) is 11.1 Å². The van der Waals surface area contributed by atoms with Crippen molar-refractivity contribution >= 4 is 15.9 Å². The monoisotopic (exact) mass is 333 g/mol. The van der Waals surface area contributed by atoms with Crippen molar-refractivity contribution in [3.05, 3.63) is 64.1 Å². The lowest BCUT2D eigenvalue weighted by Gasteiger charge is -2.15. The highest BCUT2D eigenvalue weighted by Crippen LogP contribution is 2.19. The van der Waals surface area contributed by atoms with Gasteiger partial charge < -0.3 is 10.5 Å². The van der Waals surface area contributed by atoms with Crippen LogP contribution in [-0.4, -0.2) is 13.7 Å². The van der Waals surface area contributed by atoms with Crippen LogP contribution >= 0.6 is 15.9 Å². The van der Waals surface area contributed by atoms with Gasteiger partial charge >= 0.3 is 0 Å². The molecule has 0 aliphatic heterocycles. The number of benzene rings is 2. The highest BCUT2D eigenvalue weighted by Gasteiger charge is 2.09. The molecule has 0 bridgehead atoms. The molecule has 20 heavy (non-hydrogen) atoms. The van der Waals surface area contributed by atoms with Gasteiger partial charge in [-0.3, -0.25) is 0 Å². The van der Waals surface area contributed by atoms with Gasteiger partial charge in [-0.05, 0) is 60.7 Å². The van der Waals surface area contributed by atoms with Gasteiger partial charge in [0.2, 0.25) is 0 Å². The quantitative estimate of drug-likeness (QED) is 0.872. The van der Waals surface area contributed by atoms with Crippen molar-refractivity contribution in [2.75, 3.05) is 13.7 Å². The van der Waals surface area contributed by atoms with Crippen molar-refractivity contribution in [3.63, 3.8) is 0 Å². The summed E-state index contributed by atoms with van der Waals surface area (Å²) in [6, 6.07) is 16.7. The number of nitrogens with two attached hydrogens (primary N) is 1. The van der Waals surface area contributed by atoms with E-state index < -0.39 is 0 Å². The summed E-state index contributed by atoms with van der Waals surface area (Å²) in [7, 11) is 1.70. The van der Waals surface area contributed by atoms with E-state index in [1.807, 2.05) is 12.1 Å². The molecule has 2 rings (SSSR count). The van der Waals surface area contributed by atoms with Gasteiger partial charge in [0.15, 0.2) is 0 Å². The first-order chi connectivity index (χ1) is 9.71. The van der Waals surface area contributed by atoms with Crippen molar-refractivity contribution in [1.29, 1.82) is 0 Å². The molecule has 0 saturated carbocycles. The topological polar surface area (TPSA) is 35.2 Å². The van der Waals surface area contributed by atoms with E-state index in [2.05, 4.69) is 52.3 Å². The van der Waals surface area contributed by atoms with E-state index in [4.69, 9.17) is 10.5 Å². The minimum Gasteiger partial charge on any atom is -0.497 e. The predicted molar refractivity (Wildman–Crippen MR) is 87.1 cm³/mol. The van der Waals surface area contributed by atoms with E-state index in [0.29, 0.717) is 12.5 Å². The minimum absolute atomic E-state index is 0.447. The van der Waals surface area contributed by atoms with Crippen LogP contribution < -0.4 is 10.5 Å². The van der Waals surface area contributed by atoms with Crippen LogP contribution in [-0.2, 0) is 12.8 Å².